The van der Waals surface area contributed by atoms with Crippen LogP contribution < -0.4 is 5.73 Å². The van der Waals surface area contributed by atoms with Gasteiger partial charge in [0.05, 0.1) is 25.9 Å². The summed E-state index contributed by atoms with van der Waals surface area (Å²) >= 11 is 0. The number of hydrogen-bond acceptors (Lipinski definition) is 38. The van der Waals surface area contributed by atoms with Gasteiger partial charge in [-0.1, -0.05) is 0 Å². The van der Waals surface area contributed by atoms with Gasteiger partial charge >= 0.3 is 74.3 Å². The van der Waals surface area contributed by atoms with E-state index in [9.17, 15) is 108 Å². The Bertz CT molecular complexity index is 3050. The first-order valence-electron chi connectivity index (χ1n) is 24.5. The Morgan fingerprint density at radius 2 is 0.719 bits per heavy atom. The van der Waals surface area contributed by atoms with Crippen molar-refractivity contribution in [3.63, 3.8) is 0 Å². The maximum Gasteiger partial charge on any atom is 0.397 e. The highest BCUT2D eigenvalue weighted by Gasteiger charge is 2.62. The molecule has 0 amide bonds. The lowest BCUT2D eigenvalue weighted by molar-refractivity contribution is -0.386. The monoisotopic (exact) mass is 1430 g/mol. The Morgan fingerprint density at radius 3 is 1.10 bits per heavy atom. The molecular formula is C37H63NO45S6. The van der Waals surface area contributed by atoms with Crippen molar-refractivity contribution in [1.82, 2.24) is 0 Å². The average molecular weight is 1430 g/mol. The number of nitrogens with two attached hydrogens (primary N) is 1. The maximum absolute atomic E-state index is 13.2. The first-order chi connectivity index (χ1) is 41.0. The van der Waals surface area contributed by atoms with E-state index in [1.165, 1.54) is 6.92 Å². The molecule has 0 aromatic carbocycles. The van der Waals surface area contributed by atoms with E-state index in [4.69, 9.17) is 85.2 Å². The summed E-state index contributed by atoms with van der Waals surface area (Å²) in [5.74, 6) is -4.17. The molecule has 25 atom stereocenters. The van der Waals surface area contributed by atoms with E-state index >= 15 is 0 Å². The molecule has 5 heterocycles. The molecule has 522 valence electrons. The summed E-state index contributed by atoms with van der Waals surface area (Å²) in [5.41, 5.74) is 6.30. The topological polar surface area (TPSA) is 661 Å². The van der Waals surface area contributed by atoms with E-state index < -0.39 is 248 Å². The van der Waals surface area contributed by atoms with Crippen molar-refractivity contribution in [1.29, 1.82) is 0 Å². The van der Waals surface area contributed by atoms with Crippen molar-refractivity contribution < 1.29 is 204 Å². The number of carbonyl (C=O) groups is 2. The molecule has 0 radical (unpaired) electrons. The number of rotatable bonds is 32. The highest BCUT2D eigenvalue weighted by molar-refractivity contribution is 7.82. The highest BCUT2D eigenvalue weighted by atomic mass is 32.3. The molecule has 0 aliphatic carbocycles. The van der Waals surface area contributed by atoms with Crippen LogP contribution in [0, 0.1) is 0 Å². The predicted molar refractivity (Wildman–Crippen MR) is 265 cm³/mol. The highest BCUT2D eigenvalue weighted by Crippen LogP contribution is 2.40. The molecule has 89 heavy (non-hydrogen) atoms. The van der Waals surface area contributed by atoms with Gasteiger partial charge in [0.15, 0.2) is 55.9 Å². The van der Waals surface area contributed by atoms with Crippen LogP contribution in [-0.4, -0.2) is 326 Å². The largest absolute Gasteiger partial charge is 0.479 e. The second kappa shape index (κ2) is 31.3. The molecule has 5 rings (SSSR count). The SMILES string of the molecule is CCO[C@@H]1[C@@H](N)[C@@H](O[C@H]2[C@H](OC)[C@@H](OC)[C@H](O[C@H]3[C@H](OS(=O)(=O)O)[C@@H](OS(=O)(=O)O)[C@@H](O[C@H]4[C@H](OC)[C@@H](OC)[C@@H](O[C@H]5[C@H](OC)[C@@H](OS(=O)(=O)O)[C@@H](O)O[C@@H]5COS(=O)(=O)O)O[C@@H]4C(=O)O)O[C@@H]3COS(=O)(=O)O)O[C@@H]2C(=O)O)O[C@H](COS(=O)(=O)O)[C@H]1O. The molecule has 0 aromatic rings. The van der Waals surface area contributed by atoms with E-state index in [2.05, 4.69) is 16.7 Å². The van der Waals surface area contributed by atoms with Crippen LogP contribution in [0.5, 0.6) is 0 Å². The van der Waals surface area contributed by atoms with Crippen molar-refractivity contribution in [2.75, 3.05) is 62.0 Å². The number of ether oxygens (including phenoxy) is 15. The molecule has 5 aliphatic rings. The minimum atomic E-state index is -6.15. The van der Waals surface area contributed by atoms with E-state index in [0.717, 1.165) is 35.5 Å². The molecule has 52 heteroatoms. The molecule has 0 unspecified atom stereocenters. The van der Waals surface area contributed by atoms with Gasteiger partial charge < -0.3 is 97.2 Å². The molecule has 0 spiro atoms. The number of carboxylic acids is 2. The van der Waals surface area contributed by atoms with Crippen molar-refractivity contribution >= 4 is 74.3 Å². The summed E-state index contributed by atoms with van der Waals surface area (Å²) in [4.78, 5) is 26.4. The number of methoxy groups -OCH3 is 5. The van der Waals surface area contributed by atoms with Crippen LogP contribution in [0.2, 0.25) is 0 Å². The molecule has 5 saturated heterocycles. The van der Waals surface area contributed by atoms with Gasteiger partial charge in [-0.05, 0) is 6.92 Å². The van der Waals surface area contributed by atoms with Crippen LogP contribution in [0.15, 0.2) is 0 Å². The third-order valence-corrected chi connectivity index (χ3v) is 15.8. The van der Waals surface area contributed by atoms with Gasteiger partial charge in [-0.2, -0.15) is 50.5 Å². The second-order valence-corrected chi connectivity index (χ2v) is 25.1. The standard InChI is InChI=1S/C37H63NO45S6/c1-7-68-18-14(38)34(73-11(15(18)39)8-69-84(45,46)47)77-22-20(64-3)28(66-5)36(79-25(22)31(40)41)76-17-13(10-71-86(51,52)53)74-37(30(83-89(60,61)62)24(17)81-87(54,55)56)78-23-21(65-4)29(67-6)35(80-26(23)32(42)43)75-16-12(9-70-85(48,49)50)72-33(44)27(19(16)63-2)82-88(57,58)59/h11-30,33-37,39,44H,7-10,38H2,1-6H3,(H,40,41)(H,42,43)(H,45,46,47)(H,48,49,50)(H,51,52,53)(H,54,55,56)(H,57,58,59)(H,60,61,62)/t11-,12-,13-,14-,15-,16-,17-,18-,19+,20+,21+,22+,23+,24+,25+,26+,27-,28-,29-,30-,33+,34-,35+,36-,37-/m1/s1. The van der Waals surface area contributed by atoms with Gasteiger partial charge in [-0.15, -0.1) is 0 Å². The quantitative estimate of drug-likeness (QED) is 0.0279. The zero-order chi connectivity index (χ0) is 67.3. The van der Waals surface area contributed by atoms with Crippen LogP contribution in [0.25, 0.3) is 0 Å². The molecule has 0 aromatic heterocycles. The van der Waals surface area contributed by atoms with Gasteiger partial charge in [-0.3, -0.25) is 27.3 Å². The van der Waals surface area contributed by atoms with Crippen LogP contribution in [0.3, 0.4) is 0 Å². The van der Waals surface area contributed by atoms with E-state index in [-0.39, 0.29) is 6.61 Å². The van der Waals surface area contributed by atoms with Crippen molar-refractivity contribution in [2.24, 2.45) is 5.73 Å². The minimum absolute atomic E-state index is 0.179. The first kappa shape index (κ1) is 77.1. The summed E-state index contributed by atoms with van der Waals surface area (Å²) in [6.07, 6.45) is -55.5. The third kappa shape index (κ3) is 21.2. The minimum Gasteiger partial charge on any atom is -0.479 e. The molecule has 5 fully saturated rings. The Morgan fingerprint density at radius 1 is 0.393 bits per heavy atom. The van der Waals surface area contributed by atoms with Gasteiger partial charge in [0, 0.05) is 42.2 Å². The predicted octanol–water partition coefficient (Wildman–Crippen LogP) is -8.50. The zero-order valence-electron chi connectivity index (χ0n) is 46.0. The number of aliphatic carboxylic acids is 2. The number of aliphatic hydroxyl groups is 2. The summed E-state index contributed by atoms with van der Waals surface area (Å²) < 4.78 is 314. The molecular weight excluding hydrogens is 1370 g/mol. The molecule has 46 nitrogen and oxygen atoms in total. The van der Waals surface area contributed by atoms with E-state index in [1.807, 2.05) is 0 Å². The normalized spacial score (nSPS) is 38.9. The van der Waals surface area contributed by atoms with Crippen LogP contribution >= 0.6 is 0 Å². The third-order valence-electron chi connectivity index (χ3n) is 13.1. The summed E-state index contributed by atoms with van der Waals surface area (Å²) in [7, 11) is -30.0. The molecule has 5 aliphatic heterocycles. The lowest BCUT2D eigenvalue weighted by Crippen LogP contribution is -2.70. The first-order valence-corrected chi connectivity index (χ1v) is 32.7. The fourth-order valence-electron chi connectivity index (χ4n) is 9.73. The summed E-state index contributed by atoms with van der Waals surface area (Å²) in [6, 6.07) is -1.62. The number of aliphatic hydroxyl groups excluding tert-OH is 2. The number of hydrogen-bond donors (Lipinski definition) is 11. The Labute approximate surface area is 504 Å². The van der Waals surface area contributed by atoms with Crippen molar-refractivity contribution in [2.45, 2.75) is 160 Å². The number of carboxylic acid groups (broad SMARTS) is 2. The van der Waals surface area contributed by atoms with Crippen LogP contribution in [-0.2, 0) is 168 Å². The lowest BCUT2D eigenvalue weighted by Gasteiger charge is -2.51. The Kier molecular flexibility index (Phi) is 27.2. The van der Waals surface area contributed by atoms with E-state index in [0.29, 0.717) is 0 Å². The van der Waals surface area contributed by atoms with Crippen LogP contribution in [0.4, 0.5) is 0 Å². The van der Waals surface area contributed by atoms with Gasteiger partial charge in [0.1, 0.15) is 91.6 Å². The fourth-order valence-corrected chi connectivity index (χ4v) is 12.1. The Balaban J connectivity index is 1.59. The molecule has 0 saturated carbocycles. The van der Waals surface area contributed by atoms with Gasteiger partial charge in [0.2, 0.25) is 0 Å². The van der Waals surface area contributed by atoms with E-state index in [1.54, 1.807) is 0 Å². The van der Waals surface area contributed by atoms with Gasteiger partial charge in [-0.25, -0.2) is 34.7 Å². The molecule has 12 N–H and O–H groups in total. The fraction of sp³-hybridized carbons (Fsp3) is 0.946. The maximum atomic E-state index is 13.2. The van der Waals surface area contributed by atoms with Crippen LogP contribution in [0.1, 0.15) is 6.92 Å². The average Bonchev–Trinajstić information content (AvgIpc) is 3.06. The van der Waals surface area contributed by atoms with Crippen molar-refractivity contribution in [3.05, 3.63) is 0 Å². The summed E-state index contributed by atoms with van der Waals surface area (Å²) in [5, 5.41) is 42.8. The summed E-state index contributed by atoms with van der Waals surface area (Å²) in [6.45, 7) is -2.94. The Hall–Kier alpha value is -2.56. The molecule has 0 bridgehead atoms. The van der Waals surface area contributed by atoms with Gasteiger partial charge in [0.25, 0.3) is 0 Å². The van der Waals surface area contributed by atoms with Crippen molar-refractivity contribution in [3.8, 4) is 0 Å². The smallest absolute Gasteiger partial charge is 0.397 e. The zero-order valence-corrected chi connectivity index (χ0v) is 50.9. The second-order valence-electron chi connectivity index (χ2n) is 18.7. The lowest BCUT2D eigenvalue weighted by atomic mass is 9.94.